The first-order valence-electron chi connectivity index (χ1n) is 7.41. The first-order chi connectivity index (χ1) is 10.8. The molecule has 0 fully saturated rings. The van der Waals surface area contributed by atoms with Crippen molar-refractivity contribution in [1.29, 1.82) is 0 Å². The Morgan fingerprint density at radius 2 is 2.09 bits per heavy atom. The van der Waals surface area contributed by atoms with Crippen LogP contribution in [0.15, 0.2) is 24.3 Å². The maximum atomic E-state index is 11.5. The first kappa shape index (κ1) is 17.1. The monoisotopic (exact) mass is 330 g/mol. The largest absolute Gasteiger partial charge is 0.348 e. The second-order valence-corrected chi connectivity index (χ2v) is 6.08. The van der Waals surface area contributed by atoms with Crippen molar-refractivity contribution in [3.8, 4) is 0 Å². The summed E-state index contributed by atoms with van der Waals surface area (Å²) >= 11 is 5.46. The van der Waals surface area contributed by atoms with Crippen LogP contribution in [-0.2, 0) is 13.6 Å². The number of benzene rings is 1. The van der Waals surface area contributed by atoms with Gasteiger partial charge in [-0.05, 0) is 45.1 Å². The van der Waals surface area contributed by atoms with Crippen LogP contribution >= 0.6 is 12.2 Å². The molecule has 6 heteroatoms. The van der Waals surface area contributed by atoms with E-state index in [0.29, 0.717) is 17.2 Å². The molecule has 0 aliphatic rings. The highest BCUT2D eigenvalue weighted by Gasteiger charge is 2.13. The smallest absolute Gasteiger partial charge is 0.173 e. The van der Waals surface area contributed by atoms with Gasteiger partial charge in [-0.2, -0.15) is 5.10 Å². The van der Waals surface area contributed by atoms with Crippen LogP contribution in [-0.4, -0.2) is 32.6 Å². The average molecular weight is 330 g/mol. The lowest BCUT2D eigenvalue weighted by Crippen LogP contribution is -2.31. The highest BCUT2D eigenvalue weighted by Crippen LogP contribution is 2.16. The standard InChI is InChI=1S/C17H22N4OS/c1-11-16(12(2)21(5)19-11)10-20(4)17(23)18-15-8-6-7-14(9-15)13(3)22/h6-9H,10H2,1-5H3,(H,18,23). The molecule has 122 valence electrons. The van der Waals surface area contributed by atoms with Crippen LogP contribution in [0.1, 0.15) is 34.2 Å². The number of Topliss-reactive ketones (excluding diaryl/α,β-unsaturated/α-hetero) is 1. The van der Waals surface area contributed by atoms with E-state index in [1.54, 1.807) is 13.0 Å². The summed E-state index contributed by atoms with van der Waals surface area (Å²) in [6.45, 7) is 6.29. The summed E-state index contributed by atoms with van der Waals surface area (Å²) in [6.07, 6.45) is 0. The van der Waals surface area contributed by atoms with Gasteiger partial charge in [0.15, 0.2) is 10.9 Å². The first-order valence-corrected chi connectivity index (χ1v) is 7.82. The number of carbonyl (C=O) groups is 1. The molecule has 23 heavy (non-hydrogen) atoms. The number of anilines is 1. The second kappa shape index (κ2) is 6.91. The Kier molecular flexibility index (Phi) is 5.15. The Balaban J connectivity index is 2.08. The van der Waals surface area contributed by atoms with Crippen LogP contribution in [0.3, 0.4) is 0 Å². The van der Waals surface area contributed by atoms with Crippen molar-refractivity contribution in [3.05, 3.63) is 46.8 Å². The Bertz CT molecular complexity index is 751. The molecule has 0 saturated carbocycles. The SMILES string of the molecule is CC(=O)c1cccc(NC(=S)N(C)Cc2c(C)nn(C)c2C)c1. The van der Waals surface area contributed by atoms with Crippen LogP contribution in [0.2, 0.25) is 0 Å². The lowest BCUT2D eigenvalue weighted by molar-refractivity contribution is 0.101. The number of nitrogens with one attached hydrogen (secondary N) is 1. The molecular weight excluding hydrogens is 308 g/mol. The van der Waals surface area contributed by atoms with Crippen molar-refractivity contribution >= 4 is 28.8 Å². The molecular formula is C17H22N4OS. The van der Waals surface area contributed by atoms with Crippen LogP contribution in [0.4, 0.5) is 5.69 Å². The van der Waals surface area contributed by atoms with E-state index in [1.165, 1.54) is 5.56 Å². The highest BCUT2D eigenvalue weighted by molar-refractivity contribution is 7.80. The maximum Gasteiger partial charge on any atom is 0.173 e. The van der Waals surface area contributed by atoms with Crippen molar-refractivity contribution in [1.82, 2.24) is 14.7 Å². The van der Waals surface area contributed by atoms with Crippen molar-refractivity contribution in [2.45, 2.75) is 27.3 Å². The Hall–Kier alpha value is -2.21. The number of hydrogen-bond acceptors (Lipinski definition) is 3. The summed E-state index contributed by atoms with van der Waals surface area (Å²) in [5, 5.41) is 8.21. The molecule has 5 nitrogen and oxygen atoms in total. The van der Waals surface area contributed by atoms with Gasteiger partial charge < -0.3 is 10.2 Å². The minimum atomic E-state index is 0.0366. The third-order valence-corrected chi connectivity index (χ3v) is 4.33. The molecule has 0 aliphatic carbocycles. The lowest BCUT2D eigenvalue weighted by atomic mass is 10.1. The number of nitrogens with zero attached hydrogens (tertiary/aromatic N) is 3. The van der Waals surface area contributed by atoms with Crippen LogP contribution in [0, 0.1) is 13.8 Å². The van der Waals surface area contributed by atoms with Crippen LogP contribution in [0.5, 0.6) is 0 Å². The van der Waals surface area contributed by atoms with E-state index in [0.717, 1.165) is 17.1 Å². The predicted molar refractivity (Wildman–Crippen MR) is 96.8 cm³/mol. The molecule has 0 radical (unpaired) electrons. The number of hydrogen-bond donors (Lipinski definition) is 1. The van der Waals surface area contributed by atoms with Gasteiger partial charge in [-0.25, -0.2) is 0 Å². The van der Waals surface area contributed by atoms with Gasteiger partial charge in [0.05, 0.1) is 5.69 Å². The second-order valence-electron chi connectivity index (χ2n) is 5.70. The zero-order valence-electron chi connectivity index (χ0n) is 14.2. The lowest BCUT2D eigenvalue weighted by Gasteiger charge is -2.21. The zero-order valence-corrected chi connectivity index (χ0v) is 15.0. The third-order valence-electron chi connectivity index (χ3n) is 3.92. The highest BCUT2D eigenvalue weighted by atomic mass is 32.1. The van der Waals surface area contributed by atoms with Gasteiger partial charge >= 0.3 is 0 Å². The van der Waals surface area contributed by atoms with Crippen molar-refractivity contribution in [2.75, 3.05) is 12.4 Å². The van der Waals surface area contributed by atoms with Gasteiger partial charge in [-0.1, -0.05) is 12.1 Å². The Morgan fingerprint density at radius 1 is 1.39 bits per heavy atom. The molecule has 0 unspecified atom stereocenters. The van der Waals surface area contributed by atoms with Gasteiger partial charge in [0.2, 0.25) is 0 Å². The summed E-state index contributed by atoms with van der Waals surface area (Å²) in [4.78, 5) is 13.4. The van der Waals surface area contributed by atoms with Crippen molar-refractivity contribution < 1.29 is 4.79 Å². The minimum Gasteiger partial charge on any atom is -0.348 e. The van der Waals surface area contributed by atoms with E-state index < -0.39 is 0 Å². The van der Waals surface area contributed by atoms with E-state index in [2.05, 4.69) is 17.3 Å². The Labute approximate surface area is 142 Å². The van der Waals surface area contributed by atoms with Gasteiger partial charge in [-0.3, -0.25) is 9.48 Å². The molecule has 0 aliphatic heterocycles. The van der Waals surface area contributed by atoms with E-state index >= 15 is 0 Å². The molecule has 0 saturated heterocycles. The number of aromatic nitrogens is 2. The molecule has 1 aromatic heterocycles. The van der Waals surface area contributed by atoms with Gasteiger partial charge in [0.25, 0.3) is 0 Å². The summed E-state index contributed by atoms with van der Waals surface area (Å²) in [5.41, 5.74) is 4.80. The Morgan fingerprint density at radius 3 is 2.65 bits per heavy atom. The summed E-state index contributed by atoms with van der Waals surface area (Å²) in [6, 6.07) is 7.34. The number of carbonyl (C=O) groups excluding carboxylic acids is 1. The average Bonchev–Trinajstić information content (AvgIpc) is 2.73. The number of ketones is 1. The van der Waals surface area contributed by atoms with Crippen LogP contribution in [0.25, 0.3) is 0 Å². The van der Waals surface area contributed by atoms with E-state index in [4.69, 9.17) is 12.2 Å². The van der Waals surface area contributed by atoms with Gasteiger partial charge in [0, 0.05) is 43.1 Å². The number of rotatable bonds is 4. The fourth-order valence-corrected chi connectivity index (χ4v) is 2.57. The van der Waals surface area contributed by atoms with E-state index in [9.17, 15) is 4.79 Å². The zero-order chi connectivity index (χ0) is 17.1. The molecule has 0 spiro atoms. The predicted octanol–water partition coefficient (Wildman–Crippen LogP) is 3.07. The summed E-state index contributed by atoms with van der Waals surface area (Å²) in [5.74, 6) is 0.0366. The summed E-state index contributed by atoms with van der Waals surface area (Å²) in [7, 11) is 3.88. The van der Waals surface area contributed by atoms with E-state index in [1.807, 2.05) is 48.8 Å². The number of aryl methyl sites for hydroxylation is 2. The van der Waals surface area contributed by atoms with Crippen LogP contribution < -0.4 is 5.32 Å². The van der Waals surface area contributed by atoms with Crippen molar-refractivity contribution in [2.24, 2.45) is 7.05 Å². The molecule has 1 heterocycles. The molecule has 2 aromatic rings. The molecule has 1 N–H and O–H groups in total. The molecule has 1 aromatic carbocycles. The molecule has 2 rings (SSSR count). The third kappa shape index (κ3) is 3.96. The topological polar surface area (TPSA) is 50.2 Å². The minimum absolute atomic E-state index is 0.0366. The van der Waals surface area contributed by atoms with E-state index in [-0.39, 0.29) is 5.78 Å². The number of thiocarbonyl (C=S) groups is 1. The molecule has 0 atom stereocenters. The van der Waals surface area contributed by atoms with Gasteiger partial charge in [0.1, 0.15) is 0 Å². The quantitative estimate of drug-likeness (QED) is 0.690. The fourth-order valence-electron chi connectivity index (χ4n) is 2.39. The normalized spacial score (nSPS) is 10.5. The molecule has 0 amide bonds. The molecule has 0 bridgehead atoms. The maximum absolute atomic E-state index is 11.5. The fraction of sp³-hybridized carbons (Fsp3) is 0.353. The summed E-state index contributed by atoms with van der Waals surface area (Å²) < 4.78 is 1.88. The van der Waals surface area contributed by atoms with Gasteiger partial charge in [-0.15, -0.1) is 0 Å². The van der Waals surface area contributed by atoms with Crippen molar-refractivity contribution in [3.63, 3.8) is 0 Å².